The number of halogens is 1. The Hall–Kier alpha value is -2.52. The lowest BCUT2D eigenvalue weighted by Gasteiger charge is -2.07. The van der Waals surface area contributed by atoms with Gasteiger partial charge in [0, 0.05) is 18.7 Å². The molecule has 1 heterocycles. The summed E-state index contributed by atoms with van der Waals surface area (Å²) in [5, 5.41) is 2.51. The lowest BCUT2D eigenvalue weighted by molar-refractivity contribution is 0.102. The monoisotopic (exact) mass is 340 g/mol. The third kappa shape index (κ3) is 5.31. The number of methoxy groups -OCH3 is 1. The van der Waals surface area contributed by atoms with Gasteiger partial charge >= 0.3 is 10.5 Å². The predicted octanol–water partition coefficient (Wildman–Crippen LogP) is 2.07. The molecule has 1 aromatic carbocycles. The van der Waals surface area contributed by atoms with Crippen LogP contribution in [0.2, 0.25) is 0 Å². The van der Waals surface area contributed by atoms with Crippen LogP contribution in [0.3, 0.4) is 0 Å². The number of amides is 1. The van der Waals surface area contributed by atoms with E-state index in [-0.39, 0.29) is 11.4 Å². The number of rotatable bonds is 6. The molecule has 0 saturated heterocycles. The summed E-state index contributed by atoms with van der Waals surface area (Å²) in [6.07, 6.45) is 2.28. The zero-order valence-corrected chi connectivity index (χ0v) is 12.8. The van der Waals surface area contributed by atoms with Gasteiger partial charge in [-0.3, -0.25) is 9.78 Å². The van der Waals surface area contributed by atoms with E-state index in [2.05, 4.69) is 14.5 Å². The van der Waals surface area contributed by atoms with Crippen molar-refractivity contribution < 1.29 is 26.0 Å². The minimum atomic E-state index is -5.15. The SMILES string of the molecule is COCc1ccc(C(=O)Nc2cncc(OS(=O)(=O)F)c2)cc1. The number of carbonyl (C=O) groups excluding carboxylic acids is 1. The van der Waals surface area contributed by atoms with Gasteiger partial charge in [-0.25, -0.2) is 0 Å². The van der Waals surface area contributed by atoms with E-state index in [0.717, 1.165) is 17.8 Å². The molecular weight excluding hydrogens is 327 g/mol. The first kappa shape index (κ1) is 16.8. The number of benzene rings is 1. The van der Waals surface area contributed by atoms with E-state index >= 15 is 0 Å². The summed E-state index contributed by atoms with van der Waals surface area (Å²) in [5.41, 5.74) is 1.46. The average molecular weight is 340 g/mol. The van der Waals surface area contributed by atoms with Gasteiger partial charge in [-0.1, -0.05) is 16.0 Å². The van der Waals surface area contributed by atoms with Crippen molar-refractivity contribution in [1.82, 2.24) is 4.98 Å². The highest BCUT2D eigenvalue weighted by atomic mass is 32.3. The highest BCUT2D eigenvalue weighted by Gasteiger charge is 2.12. The second-order valence-electron chi connectivity index (χ2n) is 4.47. The fourth-order valence-corrected chi connectivity index (χ4v) is 2.09. The van der Waals surface area contributed by atoms with E-state index in [1.54, 1.807) is 31.4 Å². The molecule has 7 nitrogen and oxygen atoms in total. The van der Waals surface area contributed by atoms with E-state index in [0.29, 0.717) is 12.2 Å². The zero-order chi connectivity index (χ0) is 16.9. The molecule has 1 amide bonds. The summed E-state index contributed by atoms with van der Waals surface area (Å²) in [7, 11) is -3.58. The summed E-state index contributed by atoms with van der Waals surface area (Å²) in [4.78, 5) is 15.7. The Kier molecular flexibility index (Phi) is 5.24. The van der Waals surface area contributed by atoms with E-state index in [1.165, 1.54) is 6.20 Å². The topological polar surface area (TPSA) is 94.6 Å². The van der Waals surface area contributed by atoms with Crippen molar-refractivity contribution in [2.75, 3.05) is 12.4 Å². The molecule has 0 fully saturated rings. The first-order valence-electron chi connectivity index (χ1n) is 6.36. The Morgan fingerprint density at radius 3 is 2.57 bits per heavy atom. The Balaban J connectivity index is 2.09. The maximum Gasteiger partial charge on any atom is 0.488 e. The molecule has 0 bridgehead atoms. The average Bonchev–Trinajstić information content (AvgIpc) is 2.47. The van der Waals surface area contributed by atoms with Crippen LogP contribution in [-0.2, 0) is 21.8 Å². The van der Waals surface area contributed by atoms with Gasteiger partial charge in [0.1, 0.15) is 0 Å². The van der Waals surface area contributed by atoms with Gasteiger partial charge in [0.15, 0.2) is 5.75 Å². The van der Waals surface area contributed by atoms with Crippen LogP contribution in [0.5, 0.6) is 5.75 Å². The normalized spacial score (nSPS) is 11.0. The largest absolute Gasteiger partial charge is 0.488 e. The molecule has 9 heteroatoms. The number of hydrogen-bond donors (Lipinski definition) is 1. The van der Waals surface area contributed by atoms with Crippen molar-refractivity contribution in [3.8, 4) is 5.75 Å². The van der Waals surface area contributed by atoms with Gasteiger partial charge < -0.3 is 14.2 Å². The second-order valence-corrected chi connectivity index (χ2v) is 5.42. The van der Waals surface area contributed by atoms with Gasteiger partial charge in [0.05, 0.1) is 24.7 Å². The Morgan fingerprint density at radius 1 is 1.26 bits per heavy atom. The van der Waals surface area contributed by atoms with Crippen LogP contribution in [0.25, 0.3) is 0 Å². The van der Waals surface area contributed by atoms with E-state index in [1.807, 2.05) is 0 Å². The lowest BCUT2D eigenvalue weighted by Crippen LogP contribution is -2.12. The molecule has 0 aliphatic rings. The highest BCUT2D eigenvalue weighted by molar-refractivity contribution is 7.81. The molecule has 0 spiro atoms. The number of nitrogens with one attached hydrogen (secondary N) is 1. The fraction of sp³-hybridized carbons (Fsp3) is 0.143. The summed E-state index contributed by atoms with van der Waals surface area (Å²) in [6, 6.07) is 7.85. The Labute approximate surface area is 132 Å². The van der Waals surface area contributed by atoms with Crippen LogP contribution in [0.15, 0.2) is 42.7 Å². The number of aromatic nitrogens is 1. The van der Waals surface area contributed by atoms with Gasteiger partial charge in [0.25, 0.3) is 5.91 Å². The molecule has 0 saturated carbocycles. The van der Waals surface area contributed by atoms with Crippen LogP contribution >= 0.6 is 0 Å². The molecule has 0 radical (unpaired) electrons. The molecule has 0 aliphatic heterocycles. The minimum absolute atomic E-state index is 0.164. The first-order chi connectivity index (χ1) is 10.9. The van der Waals surface area contributed by atoms with E-state index < -0.39 is 16.4 Å². The summed E-state index contributed by atoms with van der Waals surface area (Å²) in [6.45, 7) is 0.433. The third-order valence-electron chi connectivity index (χ3n) is 2.69. The van der Waals surface area contributed by atoms with Crippen molar-refractivity contribution in [1.29, 1.82) is 0 Å². The van der Waals surface area contributed by atoms with Crippen molar-refractivity contribution >= 4 is 22.1 Å². The molecule has 1 N–H and O–H groups in total. The van der Waals surface area contributed by atoms with E-state index in [9.17, 15) is 17.1 Å². The van der Waals surface area contributed by atoms with Crippen LogP contribution in [0, 0.1) is 0 Å². The van der Waals surface area contributed by atoms with Crippen molar-refractivity contribution in [3.05, 3.63) is 53.9 Å². The smallest absolute Gasteiger partial charge is 0.380 e. The van der Waals surface area contributed by atoms with Gasteiger partial charge in [-0.15, -0.1) is 0 Å². The fourth-order valence-electron chi connectivity index (χ4n) is 1.77. The molecule has 122 valence electrons. The third-order valence-corrected chi connectivity index (χ3v) is 3.09. The van der Waals surface area contributed by atoms with Crippen LogP contribution in [0.4, 0.5) is 9.57 Å². The van der Waals surface area contributed by atoms with Crippen molar-refractivity contribution in [2.45, 2.75) is 6.61 Å². The van der Waals surface area contributed by atoms with Crippen molar-refractivity contribution in [3.63, 3.8) is 0 Å². The summed E-state index contributed by atoms with van der Waals surface area (Å²) >= 11 is 0. The number of anilines is 1. The molecular formula is C14H13FN2O5S. The number of nitrogens with zero attached hydrogens (tertiary/aromatic N) is 1. The molecule has 23 heavy (non-hydrogen) atoms. The Bertz CT molecular complexity index is 793. The van der Waals surface area contributed by atoms with Gasteiger partial charge in [-0.2, -0.15) is 8.42 Å². The molecule has 0 unspecified atom stereocenters. The lowest BCUT2D eigenvalue weighted by atomic mass is 10.1. The number of pyridine rings is 1. The standard InChI is InChI=1S/C14H13FN2O5S/c1-21-9-10-2-4-11(5-3-10)14(18)17-12-6-13(8-16-7-12)22-23(15,19)20/h2-8H,9H2,1H3,(H,17,18). The van der Waals surface area contributed by atoms with Crippen LogP contribution in [-0.4, -0.2) is 26.4 Å². The zero-order valence-electron chi connectivity index (χ0n) is 12.0. The predicted molar refractivity (Wildman–Crippen MR) is 80.0 cm³/mol. The number of ether oxygens (including phenoxy) is 1. The molecule has 2 aromatic rings. The van der Waals surface area contributed by atoms with Gasteiger partial charge in [0.2, 0.25) is 0 Å². The maximum absolute atomic E-state index is 12.5. The quantitative estimate of drug-likeness (QED) is 0.809. The van der Waals surface area contributed by atoms with E-state index in [4.69, 9.17) is 4.74 Å². The minimum Gasteiger partial charge on any atom is -0.380 e. The van der Waals surface area contributed by atoms with Crippen LogP contribution in [0.1, 0.15) is 15.9 Å². The van der Waals surface area contributed by atoms with Gasteiger partial charge in [-0.05, 0) is 17.7 Å². The highest BCUT2D eigenvalue weighted by Crippen LogP contribution is 2.18. The maximum atomic E-state index is 12.5. The summed E-state index contributed by atoms with van der Waals surface area (Å²) in [5.74, 6) is -0.781. The summed E-state index contributed by atoms with van der Waals surface area (Å²) < 4.78 is 42.3. The van der Waals surface area contributed by atoms with Crippen molar-refractivity contribution in [2.24, 2.45) is 0 Å². The first-order valence-corrected chi connectivity index (χ1v) is 7.66. The molecule has 2 rings (SSSR count). The Morgan fingerprint density at radius 2 is 1.96 bits per heavy atom. The molecule has 0 aliphatic carbocycles. The number of hydrogen-bond acceptors (Lipinski definition) is 6. The van der Waals surface area contributed by atoms with Crippen LogP contribution < -0.4 is 9.50 Å². The number of carbonyl (C=O) groups is 1. The molecule has 0 atom stereocenters. The second kappa shape index (κ2) is 7.16. The molecule has 1 aromatic heterocycles.